The third-order valence-electron chi connectivity index (χ3n) is 5.48. The van der Waals surface area contributed by atoms with Crippen molar-refractivity contribution in [2.75, 3.05) is 31.6 Å². The van der Waals surface area contributed by atoms with Gasteiger partial charge in [0, 0.05) is 32.4 Å². The van der Waals surface area contributed by atoms with Gasteiger partial charge < -0.3 is 20.3 Å². The molecule has 1 aromatic heterocycles. The Bertz CT molecular complexity index is 1070. The Morgan fingerprint density at radius 2 is 2.03 bits per heavy atom. The van der Waals surface area contributed by atoms with Gasteiger partial charge in [0.15, 0.2) is 0 Å². The molecule has 1 amide bonds. The highest BCUT2D eigenvalue weighted by Gasteiger charge is 2.18. The van der Waals surface area contributed by atoms with E-state index in [1.807, 2.05) is 41.8 Å². The Morgan fingerprint density at radius 1 is 1.19 bits per heavy atom. The number of carbonyl (C=O) groups is 1. The predicted molar refractivity (Wildman–Crippen MR) is 131 cm³/mol. The van der Waals surface area contributed by atoms with Gasteiger partial charge in [-0.25, -0.2) is 9.79 Å². The van der Waals surface area contributed by atoms with Crippen LogP contribution in [0.2, 0.25) is 0 Å². The lowest BCUT2D eigenvalue weighted by atomic mass is 10.0. The summed E-state index contributed by atoms with van der Waals surface area (Å²) in [6.45, 7) is 2.54. The largest absolute Gasteiger partial charge is 0.414 e. The molecule has 0 spiro atoms. The number of fused-ring (bicyclic) bond motifs is 1. The number of amides is 1. The number of carbonyl (C=O) groups excluding carboxylic acids is 1. The second-order valence-corrected chi connectivity index (χ2v) is 8.78. The van der Waals surface area contributed by atoms with E-state index in [4.69, 9.17) is 10.5 Å². The van der Waals surface area contributed by atoms with Crippen molar-refractivity contribution in [1.82, 2.24) is 4.90 Å². The quantitative estimate of drug-likeness (QED) is 0.405. The van der Waals surface area contributed by atoms with E-state index in [-0.39, 0.29) is 6.09 Å². The molecule has 3 aromatic rings. The van der Waals surface area contributed by atoms with Crippen molar-refractivity contribution in [1.29, 1.82) is 0 Å². The normalized spacial score (nSPS) is 13.5. The van der Waals surface area contributed by atoms with Gasteiger partial charge in [-0.3, -0.25) is 0 Å². The molecule has 166 valence electrons. The van der Waals surface area contributed by atoms with Crippen LogP contribution in [-0.4, -0.2) is 43.5 Å². The maximum atomic E-state index is 12.3. The fourth-order valence-electron chi connectivity index (χ4n) is 3.84. The van der Waals surface area contributed by atoms with Gasteiger partial charge in [-0.15, -0.1) is 11.3 Å². The van der Waals surface area contributed by atoms with Gasteiger partial charge in [0.05, 0.1) is 10.6 Å². The number of ether oxygens (including phenoxy) is 1. The number of hydrogen-bond donors (Lipinski definition) is 1. The van der Waals surface area contributed by atoms with Crippen molar-refractivity contribution in [3.63, 3.8) is 0 Å². The van der Waals surface area contributed by atoms with Gasteiger partial charge in [0.25, 0.3) is 0 Å². The Labute approximate surface area is 192 Å². The van der Waals surface area contributed by atoms with Crippen LogP contribution in [0.5, 0.6) is 5.75 Å². The molecule has 0 aliphatic carbocycles. The number of aryl methyl sites for hydroxylation is 1. The Balaban J connectivity index is 1.33. The number of nitrogens with zero attached hydrogens (tertiary/aromatic N) is 3. The van der Waals surface area contributed by atoms with Crippen LogP contribution in [0.3, 0.4) is 0 Å². The number of para-hydroxylation sites is 1. The van der Waals surface area contributed by atoms with Crippen molar-refractivity contribution in [2.45, 2.75) is 19.3 Å². The first kappa shape index (κ1) is 21.9. The molecule has 0 unspecified atom stereocenters. The molecule has 0 atom stereocenters. The molecule has 32 heavy (non-hydrogen) atoms. The van der Waals surface area contributed by atoms with Crippen molar-refractivity contribution in [3.05, 3.63) is 76.5 Å². The number of hydrogen-bond acceptors (Lipinski definition) is 5. The number of rotatable bonds is 7. The Kier molecular flexibility index (Phi) is 7.07. The third-order valence-corrected chi connectivity index (χ3v) is 6.38. The van der Waals surface area contributed by atoms with Crippen molar-refractivity contribution in [2.24, 2.45) is 10.7 Å². The average Bonchev–Trinajstić information content (AvgIpc) is 3.35. The molecule has 0 saturated heterocycles. The van der Waals surface area contributed by atoms with Gasteiger partial charge in [-0.2, -0.15) is 0 Å². The zero-order chi connectivity index (χ0) is 22.3. The van der Waals surface area contributed by atoms with Crippen molar-refractivity contribution < 1.29 is 9.53 Å². The standard InChI is InChI=1S/C25H28N4O2S/c1-28(25(30)31-21-9-3-2-4-10-21)14-7-16-29-15-5-8-19-18-20(12-13-22(19)29)27-24(26)23-11-6-17-32-23/h2-4,6,9-13,17-18H,5,7-8,14-16H2,1H3,(H2,26,27). The second kappa shape index (κ2) is 10.3. The summed E-state index contributed by atoms with van der Waals surface area (Å²) in [5.41, 5.74) is 9.59. The van der Waals surface area contributed by atoms with Crippen molar-refractivity contribution in [3.8, 4) is 5.75 Å². The molecule has 0 radical (unpaired) electrons. The second-order valence-electron chi connectivity index (χ2n) is 7.83. The van der Waals surface area contributed by atoms with Gasteiger partial charge in [0.1, 0.15) is 11.6 Å². The summed E-state index contributed by atoms with van der Waals surface area (Å²) in [5.74, 6) is 1.12. The van der Waals surface area contributed by atoms with Crippen LogP contribution in [-0.2, 0) is 6.42 Å². The molecule has 0 saturated carbocycles. The molecule has 2 N–H and O–H groups in total. The van der Waals surface area contributed by atoms with Gasteiger partial charge >= 0.3 is 6.09 Å². The van der Waals surface area contributed by atoms with Gasteiger partial charge in [-0.05, 0) is 66.6 Å². The van der Waals surface area contributed by atoms with Crippen LogP contribution < -0.4 is 15.4 Å². The number of benzene rings is 2. The van der Waals surface area contributed by atoms with Crippen molar-refractivity contribution >= 4 is 34.6 Å². The van der Waals surface area contributed by atoms with Crippen LogP contribution in [0.15, 0.2) is 71.0 Å². The van der Waals surface area contributed by atoms with Crippen LogP contribution >= 0.6 is 11.3 Å². The maximum absolute atomic E-state index is 12.3. The van der Waals surface area contributed by atoms with E-state index >= 15 is 0 Å². The van der Waals surface area contributed by atoms with Gasteiger partial charge in [0.2, 0.25) is 0 Å². The summed E-state index contributed by atoms with van der Waals surface area (Å²) < 4.78 is 5.40. The topological polar surface area (TPSA) is 71.2 Å². The number of thiophene rings is 1. The molecule has 2 aromatic carbocycles. The molecule has 2 heterocycles. The highest BCUT2D eigenvalue weighted by Crippen LogP contribution is 2.31. The van der Waals surface area contributed by atoms with E-state index in [9.17, 15) is 4.79 Å². The van der Waals surface area contributed by atoms with E-state index in [2.05, 4.69) is 22.0 Å². The van der Waals surface area contributed by atoms with Crippen LogP contribution in [0.1, 0.15) is 23.3 Å². The maximum Gasteiger partial charge on any atom is 0.414 e. The van der Waals surface area contributed by atoms with E-state index in [1.54, 1.807) is 35.4 Å². The summed E-state index contributed by atoms with van der Waals surface area (Å²) in [7, 11) is 1.78. The Morgan fingerprint density at radius 3 is 2.81 bits per heavy atom. The van der Waals surface area contributed by atoms with Crippen LogP contribution in [0.4, 0.5) is 16.2 Å². The first-order valence-electron chi connectivity index (χ1n) is 10.8. The minimum atomic E-state index is -0.332. The smallest absolute Gasteiger partial charge is 0.410 e. The number of amidine groups is 1. The summed E-state index contributed by atoms with van der Waals surface area (Å²) in [5, 5.41) is 2.00. The highest BCUT2D eigenvalue weighted by molar-refractivity contribution is 7.12. The van der Waals surface area contributed by atoms with Gasteiger partial charge in [-0.1, -0.05) is 24.3 Å². The van der Waals surface area contributed by atoms with E-state index in [0.29, 0.717) is 18.1 Å². The first-order chi connectivity index (χ1) is 15.6. The summed E-state index contributed by atoms with van der Waals surface area (Å²) in [6.07, 6.45) is 2.68. The molecule has 4 rings (SSSR count). The molecule has 0 bridgehead atoms. The first-order valence-corrected chi connectivity index (χ1v) is 11.7. The van der Waals surface area contributed by atoms with E-state index in [1.165, 1.54) is 11.3 Å². The zero-order valence-electron chi connectivity index (χ0n) is 18.2. The number of anilines is 1. The molecule has 0 fully saturated rings. The monoisotopic (exact) mass is 448 g/mol. The highest BCUT2D eigenvalue weighted by atomic mass is 32.1. The molecule has 1 aliphatic heterocycles. The van der Waals surface area contributed by atoms with Crippen LogP contribution in [0, 0.1) is 0 Å². The molecular formula is C25H28N4O2S. The fourth-order valence-corrected chi connectivity index (χ4v) is 4.47. The van der Waals surface area contributed by atoms with E-state index < -0.39 is 0 Å². The summed E-state index contributed by atoms with van der Waals surface area (Å²) in [6, 6.07) is 19.4. The molecule has 7 heteroatoms. The predicted octanol–water partition coefficient (Wildman–Crippen LogP) is 5.06. The average molecular weight is 449 g/mol. The molecular weight excluding hydrogens is 420 g/mol. The van der Waals surface area contributed by atoms with Crippen LogP contribution in [0.25, 0.3) is 0 Å². The summed E-state index contributed by atoms with van der Waals surface area (Å²) >= 11 is 1.59. The zero-order valence-corrected chi connectivity index (χ0v) is 19.1. The van der Waals surface area contributed by atoms with E-state index in [0.717, 1.165) is 42.9 Å². The third kappa shape index (κ3) is 5.48. The lowest BCUT2D eigenvalue weighted by molar-refractivity contribution is 0.162. The molecule has 6 nitrogen and oxygen atoms in total. The molecule has 1 aliphatic rings. The lowest BCUT2D eigenvalue weighted by Crippen LogP contribution is -2.35. The SMILES string of the molecule is CN(CCCN1CCCc2cc(N=C(N)c3cccs3)ccc21)C(=O)Oc1ccccc1. The number of aliphatic imine (C=N–C) groups is 1. The minimum absolute atomic E-state index is 0.332. The fraction of sp³-hybridized carbons (Fsp3) is 0.280. The number of nitrogens with two attached hydrogens (primary N) is 1. The lowest BCUT2D eigenvalue weighted by Gasteiger charge is -2.32. The summed E-state index contributed by atoms with van der Waals surface area (Å²) in [4.78, 5) is 21.9. The minimum Gasteiger partial charge on any atom is -0.410 e. The Hall–Kier alpha value is -3.32.